The molecule has 0 saturated heterocycles. The van der Waals surface area contributed by atoms with Crippen molar-refractivity contribution in [2.24, 2.45) is 0 Å². The number of aryl methyl sites for hydroxylation is 1. The second kappa shape index (κ2) is 5.26. The summed E-state index contributed by atoms with van der Waals surface area (Å²) in [6, 6.07) is 7.52. The van der Waals surface area contributed by atoms with E-state index in [1.165, 1.54) is 0 Å². The van der Waals surface area contributed by atoms with Crippen LogP contribution in [-0.4, -0.2) is 15.6 Å². The topological polar surface area (TPSA) is 66.1 Å². The van der Waals surface area contributed by atoms with Gasteiger partial charge in [0.1, 0.15) is 5.56 Å². The smallest absolute Gasteiger partial charge is 0.339 e. The van der Waals surface area contributed by atoms with Gasteiger partial charge in [0.15, 0.2) is 0 Å². The van der Waals surface area contributed by atoms with Gasteiger partial charge in [-0.25, -0.2) is 4.79 Å². The summed E-state index contributed by atoms with van der Waals surface area (Å²) in [6.45, 7) is 4.72. The number of fused-ring (bicyclic) bond motifs is 1. The highest BCUT2D eigenvalue weighted by molar-refractivity contribution is 5.93. The third kappa shape index (κ3) is 2.14. The second-order valence-electron chi connectivity index (χ2n) is 4.51. The van der Waals surface area contributed by atoms with Crippen LogP contribution >= 0.6 is 0 Å². The number of nitrogens with zero attached hydrogens (tertiary/aromatic N) is 1. The normalized spacial score (nSPS) is 10.8. The molecule has 1 aromatic heterocycles. The minimum atomic E-state index is -1.01. The maximum atomic E-state index is 11.5. The number of aromatic carboxylic acids is 1. The Balaban J connectivity index is 2.98. The summed E-state index contributed by atoms with van der Waals surface area (Å²) < 4.78 is 2.01. The third-order valence-corrected chi connectivity index (χ3v) is 3.35. The number of carbonyl (C=O) groups is 1. The fourth-order valence-electron chi connectivity index (χ4n) is 2.57. The average molecular weight is 258 g/mol. The van der Waals surface area contributed by atoms with Gasteiger partial charge in [0.2, 0.25) is 0 Å². The van der Waals surface area contributed by atoms with Gasteiger partial charge < -0.3 is 9.67 Å². The Labute approximate surface area is 111 Å². The van der Waals surface area contributed by atoms with E-state index in [0.717, 1.165) is 17.6 Å². The van der Waals surface area contributed by atoms with E-state index in [4.69, 9.17) is 5.41 Å². The Kier molecular flexibility index (Phi) is 3.69. The van der Waals surface area contributed by atoms with Crippen LogP contribution in [0.1, 0.15) is 36.3 Å². The largest absolute Gasteiger partial charge is 0.478 e. The monoisotopic (exact) mass is 258 g/mol. The van der Waals surface area contributed by atoms with Crippen molar-refractivity contribution in [1.82, 2.24) is 4.57 Å². The van der Waals surface area contributed by atoms with Gasteiger partial charge in [0.05, 0.1) is 10.9 Å². The number of rotatable bonds is 4. The lowest BCUT2D eigenvalue weighted by molar-refractivity contribution is 0.0693. The van der Waals surface area contributed by atoms with Crippen molar-refractivity contribution in [3.05, 3.63) is 40.9 Å². The molecule has 0 radical (unpaired) electrons. The van der Waals surface area contributed by atoms with Crippen molar-refractivity contribution < 1.29 is 9.90 Å². The van der Waals surface area contributed by atoms with Gasteiger partial charge in [-0.1, -0.05) is 31.5 Å². The van der Waals surface area contributed by atoms with Crippen LogP contribution in [0.2, 0.25) is 0 Å². The summed E-state index contributed by atoms with van der Waals surface area (Å²) in [6.07, 6.45) is 1.53. The molecule has 2 aromatic rings. The van der Waals surface area contributed by atoms with Gasteiger partial charge in [-0.05, 0) is 19.4 Å². The van der Waals surface area contributed by atoms with Gasteiger partial charge in [-0.3, -0.25) is 5.41 Å². The summed E-state index contributed by atoms with van der Waals surface area (Å²) in [4.78, 5) is 11.5. The highest BCUT2D eigenvalue weighted by Gasteiger charge is 2.18. The fraction of sp³-hybridized carbons (Fsp3) is 0.333. The number of benzene rings is 1. The van der Waals surface area contributed by atoms with Gasteiger partial charge in [-0.15, -0.1) is 0 Å². The molecule has 0 fully saturated rings. The lowest BCUT2D eigenvalue weighted by Gasteiger charge is -2.18. The lowest BCUT2D eigenvalue weighted by Crippen LogP contribution is -2.24. The maximum absolute atomic E-state index is 11.5. The first kappa shape index (κ1) is 13.3. The maximum Gasteiger partial charge on any atom is 0.339 e. The molecule has 1 heterocycles. The Morgan fingerprint density at radius 2 is 2.00 bits per heavy atom. The molecular formula is C15H18N2O2. The van der Waals surface area contributed by atoms with E-state index in [9.17, 15) is 9.90 Å². The van der Waals surface area contributed by atoms with Crippen LogP contribution in [0.5, 0.6) is 0 Å². The summed E-state index contributed by atoms with van der Waals surface area (Å²) >= 11 is 0. The summed E-state index contributed by atoms with van der Waals surface area (Å²) in [5.41, 5.74) is 1.83. The molecule has 0 saturated carbocycles. The molecule has 100 valence electrons. The first-order valence-corrected chi connectivity index (χ1v) is 6.54. The van der Waals surface area contributed by atoms with Gasteiger partial charge in [-0.2, -0.15) is 0 Å². The van der Waals surface area contributed by atoms with E-state index in [1.54, 1.807) is 0 Å². The van der Waals surface area contributed by atoms with E-state index >= 15 is 0 Å². The number of hydrogen-bond acceptors (Lipinski definition) is 2. The molecule has 0 aliphatic rings. The number of nitrogens with one attached hydrogen (secondary N) is 1. The van der Waals surface area contributed by atoms with Crippen LogP contribution in [0.3, 0.4) is 0 Å². The predicted molar refractivity (Wildman–Crippen MR) is 74.4 cm³/mol. The molecular weight excluding hydrogens is 240 g/mol. The highest BCUT2D eigenvalue weighted by atomic mass is 16.4. The average Bonchev–Trinajstić information content (AvgIpc) is 2.39. The van der Waals surface area contributed by atoms with Crippen molar-refractivity contribution in [3.63, 3.8) is 0 Å². The Hall–Kier alpha value is -2.10. The standard InChI is InChI=1S/C15H18N2O2/c1-3-7-12-13(15(18)19)14(16)10-8-5-6-9-11(10)17(12)4-2/h5-6,8-9,16H,3-4,7H2,1-2H3,(H,18,19). The number of hydrogen-bond donors (Lipinski definition) is 2. The molecule has 0 atom stereocenters. The zero-order chi connectivity index (χ0) is 14.0. The Morgan fingerprint density at radius 1 is 1.32 bits per heavy atom. The number of carboxylic acid groups (broad SMARTS) is 1. The summed E-state index contributed by atoms with van der Waals surface area (Å²) in [5, 5.41) is 18.4. The van der Waals surface area contributed by atoms with Crippen molar-refractivity contribution in [2.75, 3.05) is 0 Å². The zero-order valence-corrected chi connectivity index (χ0v) is 11.2. The van der Waals surface area contributed by atoms with Crippen LogP contribution in [0.4, 0.5) is 0 Å². The number of aromatic nitrogens is 1. The van der Waals surface area contributed by atoms with Crippen LogP contribution in [-0.2, 0) is 13.0 Å². The fourth-order valence-corrected chi connectivity index (χ4v) is 2.57. The van der Waals surface area contributed by atoms with E-state index in [-0.39, 0.29) is 10.9 Å². The van der Waals surface area contributed by atoms with E-state index in [2.05, 4.69) is 0 Å². The quantitative estimate of drug-likeness (QED) is 0.885. The van der Waals surface area contributed by atoms with Crippen molar-refractivity contribution in [1.29, 1.82) is 5.41 Å². The van der Waals surface area contributed by atoms with Crippen LogP contribution < -0.4 is 5.36 Å². The first-order chi connectivity index (χ1) is 9.11. The summed E-state index contributed by atoms with van der Waals surface area (Å²) in [5.74, 6) is -1.01. The molecule has 0 unspecified atom stereocenters. The molecule has 0 aliphatic heterocycles. The molecule has 0 aliphatic carbocycles. The highest BCUT2D eigenvalue weighted by Crippen LogP contribution is 2.18. The molecule has 0 spiro atoms. The Bertz CT molecular complexity index is 686. The van der Waals surface area contributed by atoms with E-state index < -0.39 is 5.97 Å². The van der Waals surface area contributed by atoms with Gasteiger partial charge in [0.25, 0.3) is 0 Å². The Morgan fingerprint density at radius 3 is 2.58 bits per heavy atom. The van der Waals surface area contributed by atoms with Crippen molar-refractivity contribution >= 4 is 16.9 Å². The predicted octanol–water partition coefficient (Wildman–Crippen LogP) is 2.79. The van der Waals surface area contributed by atoms with Crippen LogP contribution in [0, 0.1) is 5.41 Å². The van der Waals surface area contributed by atoms with Crippen LogP contribution in [0.15, 0.2) is 24.3 Å². The SMILES string of the molecule is CCCc1c(C(=O)O)c(=N)c2ccccc2n1CC. The van der Waals surface area contributed by atoms with Crippen molar-refractivity contribution in [3.8, 4) is 0 Å². The molecule has 1 aromatic carbocycles. The van der Waals surface area contributed by atoms with E-state index in [1.807, 2.05) is 42.7 Å². The molecule has 2 rings (SSSR count). The summed E-state index contributed by atoms with van der Waals surface area (Å²) in [7, 11) is 0. The second-order valence-corrected chi connectivity index (χ2v) is 4.51. The van der Waals surface area contributed by atoms with Gasteiger partial charge in [0, 0.05) is 17.6 Å². The number of para-hydroxylation sites is 1. The molecule has 4 nitrogen and oxygen atoms in total. The lowest BCUT2D eigenvalue weighted by atomic mass is 10.0. The number of carboxylic acids is 1. The molecule has 4 heteroatoms. The molecule has 2 N–H and O–H groups in total. The third-order valence-electron chi connectivity index (χ3n) is 3.35. The first-order valence-electron chi connectivity index (χ1n) is 6.54. The minimum Gasteiger partial charge on any atom is -0.478 e. The molecule has 0 bridgehead atoms. The molecule has 19 heavy (non-hydrogen) atoms. The van der Waals surface area contributed by atoms with Gasteiger partial charge >= 0.3 is 5.97 Å². The van der Waals surface area contributed by atoms with Crippen LogP contribution in [0.25, 0.3) is 10.9 Å². The number of pyridine rings is 1. The minimum absolute atomic E-state index is 0.122. The van der Waals surface area contributed by atoms with Crippen molar-refractivity contribution in [2.45, 2.75) is 33.2 Å². The zero-order valence-electron chi connectivity index (χ0n) is 11.2. The van der Waals surface area contributed by atoms with E-state index in [0.29, 0.717) is 18.4 Å². The molecule has 0 amide bonds.